The maximum Gasteiger partial charge on any atom is 0.409 e. The lowest BCUT2D eigenvalue weighted by molar-refractivity contribution is 0.0747. The molecule has 0 bridgehead atoms. The Balaban J connectivity index is 1.33. The van der Waals surface area contributed by atoms with Crippen molar-refractivity contribution in [2.45, 2.75) is 39.2 Å². The van der Waals surface area contributed by atoms with Gasteiger partial charge in [-0.3, -0.25) is 4.90 Å². The molecular formula is C19H30N6O2. The Kier molecular flexibility index (Phi) is 6.86. The molecule has 2 aromatic heterocycles. The summed E-state index contributed by atoms with van der Waals surface area (Å²) < 4.78 is 7.42. The van der Waals surface area contributed by atoms with Gasteiger partial charge in [0.25, 0.3) is 0 Å². The highest BCUT2D eigenvalue weighted by atomic mass is 16.6. The van der Waals surface area contributed by atoms with E-state index < -0.39 is 0 Å². The Labute approximate surface area is 160 Å². The zero-order chi connectivity index (χ0) is 19.1. The minimum atomic E-state index is -0.187. The van der Waals surface area contributed by atoms with Crippen molar-refractivity contribution in [3.05, 3.63) is 18.6 Å². The number of nitrogens with zero attached hydrogens (tertiary/aromatic N) is 5. The van der Waals surface area contributed by atoms with E-state index in [4.69, 9.17) is 10.5 Å². The molecule has 0 aliphatic carbocycles. The van der Waals surface area contributed by atoms with Crippen LogP contribution in [-0.4, -0.2) is 69.8 Å². The van der Waals surface area contributed by atoms with E-state index >= 15 is 0 Å². The first-order valence-electron chi connectivity index (χ1n) is 9.88. The SMILES string of the molecule is CCCCN1CCN(C(=O)OCCCCn2cnc3c(N)ccnc32)CC1. The van der Waals surface area contributed by atoms with Gasteiger partial charge in [-0.15, -0.1) is 0 Å². The highest BCUT2D eigenvalue weighted by Gasteiger charge is 2.21. The van der Waals surface area contributed by atoms with E-state index in [9.17, 15) is 4.79 Å². The number of unbranched alkanes of at least 4 members (excludes halogenated alkanes) is 2. The molecule has 1 aliphatic rings. The molecule has 8 nitrogen and oxygen atoms in total. The summed E-state index contributed by atoms with van der Waals surface area (Å²) in [7, 11) is 0. The predicted octanol–water partition coefficient (Wildman–Crippen LogP) is 2.35. The fourth-order valence-electron chi connectivity index (χ4n) is 3.32. The van der Waals surface area contributed by atoms with E-state index in [-0.39, 0.29) is 6.09 Å². The number of pyridine rings is 1. The second kappa shape index (κ2) is 9.55. The van der Waals surface area contributed by atoms with E-state index in [0.29, 0.717) is 12.3 Å². The van der Waals surface area contributed by atoms with E-state index in [1.165, 1.54) is 12.8 Å². The highest BCUT2D eigenvalue weighted by Crippen LogP contribution is 2.17. The molecular weight excluding hydrogens is 344 g/mol. The van der Waals surface area contributed by atoms with Crippen LogP contribution in [0.4, 0.5) is 10.5 Å². The van der Waals surface area contributed by atoms with Crippen LogP contribution in [0.15, 0.2) is 18.6 Å². The normalized spacial score (nSPS) is 15.4. The zero-order valence-electron chi connectivity index (χ0n) is 16.1. The number of hydrogen-bond acceptors (Lipinski definition) is 6. The molecule has 1 amide bonds. The van der Waals surface area contributed by atoms with Gasteiger partial charge < -0.3 is 19.9 Å². The number of ether oxygens (including phenoxy) is 1. The fourth-order valence-corrected chi connectivity index (χ4v) is 3.32. The number of amides is 1. The van der Waals surface area contributed by atoms with Crippen LogP contribution in [0.3, 0.4) is 0 Å². The van der Waals surface area contributed by atoms with Crippen molar-refractivity contribution in [1.29, 1.82) is 0 Å². The smallest absolute Gasteiger partial charge is 0.409 e. The second-order valence-electron chi connectivity index (χ2n) is 7.01. The van der Waals surface area contributed by atoms with Crippen molar-refractivity contribution in [2.24, 2.45) is 0 Å². The number of hydrogen-bond donors (Lipinski definition) is 1. The highest BCUT2D eigenvalue weighted by molar-refractivity contribution is 5.83. The minimum Gasteiger partial charge on any atom is -0.449 e. The average Bonchev–Trinajstić information content (AvgIpc) is 3.11. The Morgan fingerprint density at radius 1 is 1.15 bits per heavy atom. The number of piperazine rings is 1. The Morgan fingerprint density at radius 2 is 1.96 bits per heavy atom. The molecule has 1 saturated heterocycles. The van der Waals surface area contributed by atoms with Crippen LogP contribution in [-0.2, 0) is 11.3 Å². The molecule has 1 fully saturated rings. The van der Waals surface area contributed by atoms with Gasteiger partial charge in [0, 0.05) is 38.9 Å². The quantitative estimate of drug-likeness (QED) is 0.714. The van der Waals surface area contributed by atoms with Gasteiger partial charge in [0.15, 0.2) is 5.65 Å². The molecule has 0 unspecified atom stereocenters. The minimum absolute atomic E-state index is 0.187. The summed E-state index contributed by atoms with van der Waals surface area (Å²) in [4.78, 5) is 25.1. The lowest BCUT2D eigenvalue weighted by Gasteiger charge is -2.34. The molecule has 0 spiro atoms. The molecule has 0 aromatic carbocycles. The third-order valence-corrected chi connectivity index (χ3v) is 5.01. The largest absolute Gasteiger partial charge is 0.449 e. The number of anilines is 1. The first-order valence-corrected chi connectivity index (χ1v) is 9.88. The molecule has 0 saturated carbocycles. The van der Waals surface area contributed by atoms with Crippen LogP contribution in [0, 0.1) is 0 Å². The summed E-state index contributed by atoms with van der Waals surface area (Å²) in [6, 6.07) is 1.75. The third-order valence-electron chi connectivity index (χ3n) is 5.01. The molecule has 8 heteroatoms. The van der Waals surface area contributed by atoms with Crippen LogP contribution in [0.5, 0.6) is 0 Å². The summed E-state index contributed by atoms with van der Waals surface area (Å²) in [6.07, 6.45) is 7.40. The van der Waals surface area contributed by atoms with Gasteiger partial charge in [-0.1, -0.05) is 13.3 Å². The molecule has 3 heterocycles. The molecule has 148 valence electrons. The topological polar surface area (TPSA) is 89.5 Å². The monoisotopic (exact) mass is 374 g/mol. The number of fused-ring (bicyclic) bond motifs is 1. The van der Waals surface area contributed by atoms with Crippen LogP contribution >= 0.6 is 0 Å². The van der Waals surface area contributed by atoms with E-state index in [1.54, 1.807) is 18.6 Å². The van der Waals surface area contributed by atoms with E-state index in [0.717, 1.165) is 63.3 Å². The Bertz CT molecular complexity index is 739. The summed E-state index contributed by atoms with van der Waals surface area (Å²) in [5.74, 6) is 0. The fraction of sp³-hybridized carbons (Fsp3) is 0.632. The molecule has 0 radical (unpaired) electrons. The number of aromatic nitrogens is 3. The molecule has 0 atom stereocenters. The van der Waals surface area contributed by atoms with Crippen molar-refractivity contribution in [3.63, 3.8) is 0 Å². The maximum atomic E-state index is 12.2. The van der Waals surface area contributed by atoms with Gasteiger partial charge in [0.05, 0.1) is 18.6 Å². The first-order chi connectivity index (χ1) is 13.2. The van der Waals surface area contributed by atoms with Gasteiger partial charge in [0.1, 0.15) is 5.52 Å². The third kappa shape index (κ3) is 5.09. The number of imidazole rings is 1. The summed E-state index contributed by atoms with van der Waals surface area (Å²) in [5.41, 5.74) is 8.08. The molecule has 27 heavy (non-hydrogen) atoms. The van der Waals surface area contributed by atoms with Crippen molar-refractivity contribution in [2.75, 3.05) is 45.1 Å². The lowest BCUT2D eigenvalue weighted by atomic mass is 10.2. The maximum absolute atomic E-state index is 12.2. The number of aryl methyl sites for hydroxylation is 1. The molecule has 3 rings (SSSR count). The van der Waals surface area contributed by atoms with Crippen molar-refractivity contribution >= 4 is 22.9 Å². The summed E-state index contributed by atoms with van der Waals surface area (Å²) in [5, 5.41) is 0. The number of nitrogens with two attached hydrogens (primary N) is 1. The Morgan fingerprint density at radius 3 is 2.74 bits per heavy atom. The molecule has 2 aromatic rings. The summed E-state index contributed by atoms with van der Waals surface area (Å²) in [6.45, 7) is 7.96. The number of carbonyl (C=O) groups excluding carboxylic acids is 1. The van der Waals surface area contributed by atoms with Crippen molar-refractivity contribution in [3.8, 4) is 0 Å². The first kappa shape index (κ1) is 19.4. The summed E-state index contributed by atoms with van der Waals surface area (Å²) >= 11 is 0. The van der Waals surface area contributed by atoms with Crippen LogP contribution < -0.4 is 5.73 Å². The van der Waals surface area contributed by atoms with Crippen LogP contribution in [0.2, 0.25) is 0 Å². The zero-order valence-corrected chi connectivity index (χ0v) is 16.1. The molecule has 2 N–H and O–H groups in total. The van der Waals surface area contributed by atoms with Crippen molar-refractivity contribution < 1.29 is 9.53 Å². The average molecular weight is 374 g/mol. The standard InChI is InChI=1S/C19H30N6O2/c1-2-3-8-23-10-12-24(13-11-23)19(26)27-14-5-4-9-25-15-22-17-16(20)6-7-21-18(17)25/h6-7,15H,2-5,8-14H2,1H3,(H2,20,21). The Hall–Kier alpha value is -2.35. The number of nitrogen functional groups attached to an aromatic ring is 1. The second-order valence-corrected chi connectivity index (χ2v) is 7.01. The predicted molar refractivity (Wildman–Crippen MR) is 105 cm³/mol. The van der Waals surface area contributed by atoms with Gasteiger partial charge in [-0.05, 0) is 31.9 Å². The lowest BCUT2D eigenvalue weighted by Crippen LogP contribution is -2.49. The van der Waals surface area contributed by atoms with Gasteiger partial charge in [0.2, 0.25) is 0 Å². The van der Waals surface area contributed by atoms with Crippen molar-refractivity contribution in [1.82, 2.24) is 24.3 Å². The number of rotatable bonds is 8. The van der Waals surface area contributed by atoms with Gasteiger partial charge >= 0.3 is 6.09 Å². The van der Waals surface area contributed by atoms with Gasteiger partial charge in [-0.2, -0.15) is 0 Å². The number of carbonyl (C=O) groups is 1. The van der Waals surface area contributed by atoms with Gasteiger partial charge in [-0.25, -0.2) is 14.8 Å². The molecule has 1 aliphatic heterocycles. The van der Waals surface area contributed by atoms with Crippen LogP contribution in [0.25, 0.3) is 11.2 Å². The van der Waals surface area contributed by atoms with E-state index in [1.807, 2.05) is 9.47 Å². The van der Waals surface area contributed by atoms with E-state index in [2.05, 4.69) is 21.8 Å². The van der Waals surface area contributed by atoms with Crippen LogP contribution in [0.1, 0.15) is 32.6 Å².